The van der Waals surface area contributed by atoms with Gasteiger partial charge in [-0.3, -0.25) is 10.1 Å². The number of carbonyl (C=O) groups is 1. The molecule has 1 fully saturated rings. The van der Waals surface area contributed by atoms with Gasteiger partial charge in [0.15, 0.2) is 33.1 Å². The number of carbonyl (C=O) groups excluding carboxylic acids is 1. The fourth-order valence-electron chi connectivity index (χ4n) is 3.80. The average molecular weight is 568 g/mol. The van der Waals surface area contributed by atoms with Crippen LogP contribution in [0.4, 0.5) is 10.9 Å². The Bertz CT molecular complexity index is 1600. The lowest BCUT2D eigenvalue weighted by Crippen LogP contribution is -2.25. The molecule has 14 heteroatoms. The topological polar surface area (TPSA) is 149 Å². The van der Waals surface area contributed by atoms with Gasteiger partial charge in [-0.2, -0.15) is 0 Å². The van der Waals surface area contributed by atoms with Crippen molar-refractivity contribution in [2.24, 2.45) is 5.16 Å². The number of benzene rings is 1. The number of hydrogen-bond acceptors (Lipinski definition) is 12. The van der Waals surface area contributed by atoms with Crippen molar-refractivity contribution < 1.29 is 22.8 Å². The summed E-state index contributed by atoms with van der Waals surface area (Å²) in [5.41, 5.74) is 0.930. The summed E-state index contributed by atoms with van der Waals surface area (Å²) in [7, 11) is 0.217. The van der Waals surface area contributed by atoms with E-state index in [2.05, 4.69) is 30.4 Å². The van der Waals surface area contributed by atoms with Crippen LogP contribution in [-0.2, 0) is 30.8 Å². The predicted molar refractivity (Wildman–Crippen MR) is 147 cm³/mol. The molecule has 1 saturated heterocycles. The maximum atomic E-state index is 13.3. The number of aromatic nitrogens is 4. The third kappa shape index (κ3) is 6.02. The van der Waals surface area contributed by atoms with E-state index in [1.165, 1.54) is 35.6 Å². The molecule has 0 radical (unpaired) electrons. The maximum Gasteiger partial charge on any atom is 0.280 e. The SMILES string of the molecule is CN(C)c1ccc2nc(NC(=O)/C(=N/OCc3ncccn3)c3ccc(S(=O)(=O)[C@H]4CCOC4)cc3)sc2n1. The van der Waals surface area contributed by atoms with E-state index < -0.39 is 21.0 Å². The molecule has 1 N–H and O–H groups in total. The van der Waals surface area contributed by atoms with E-state index in [4.69, 9.17) is 9.57 Å². The van der Waals surface area contributed by atoms with Crippen molar-refractivity contribution in [3.8, 4) is 0 Å². The minimum atomic E-state index is -3.56. The molecule has 202 valence electrons. The van der Waals surface area contributed by atoms with Crippen LogP contribution in [0.25, 0.3) is 10.3 Å². The first-order valence-electron chi connectivity index (χ1n) is 12.0. The van der Waals surface area contributed by atoms with Crippen LogP contribution in [0.5, 0.6) is 0 Å². The van der Waals surface area contributed by atoms with Crippen molar-refractivity contribution in [2.75, 3.05) is 37.5 Å². The maximum absolute atomic E-state index is 13.3. The summed E-state index contributed by atoms with van der Waals surface area (Å²) >= 11 is 1.22. The highest BCUT2D eigenvalue weighted by molar-refractivity contribution is 7.92. The number of anilines is 2. The quantitative estimate of drug-likeness (QED) is 0.236. The first-order chi connectivity index (χ1) is 18.8. The Morgan fingerprint density at radius 3 is 2.62 bits per heavy atom. The van der Waals surface area contributed by atoms with E-state index in [9.17, 15) is 13.2 Å². The van der Waals surface area contributed by atoms with Gasteiger partial charge >= 0.3 is 0 Å². The molecule has 12 nitrogen and oxygen atoms in total. The van der Waals surface area contributed by atoms with Crippen molar-refractivity contribution >= 4 is 54.1 Å². The zero-order valence-electron chi connectivity index (χ0n) is 21.1. The predicted octanol–water partition coefficient (Wildman–Crippen LogP) is 2.67. The van der Waals surface area contributed by atoms with Crippen LogP contribution in [0.3, 0.4) is 0 Å². The van der Waals surface area contributed by atoms with Crippen molar-refractivity contribution in [1.82, 2.24) is 19.9 Å². The Morgan fingerprint density at radius 1 is 1.15 bits per heavy atom. The molecule has 4 aromatic rings. The minimum Gasteiger partial charge on any atom is -0.387 e. The van der Waals surface area contributed by atoms with Crippen LogP contribution >= 0.6 is 11.3 Å². The summed E-state index contributed by atoms with van der Waals surface area (Å²) in [6.45, 7) is 0.519. The van der Waals surface area contributed by atoms with E-state index >= 15 is 0 Å². The second-order valence-electron chi connectivity index (χ2n) is 8.79. The lowest BCUT2D eigenvalue weighted by Gasteiger charge is -2.11. The van der Waals surface area contributed by atoms with Gasteiger partial charge in [0, 0.05) is 38.7 Å². The number of nitrogens with one attached hydrogen (secondary N) is 1. The van der Waals surface area contributed by atoms with E-state index in [1.54, 1.807) is 18.5 Å². The molecule has 0 unspecified atom stereocenters. The molecule has 4 heterocycles. The highest BCUT2D eigenvalue weighted by Crippen LogP contribution is 2.27. The van der Waals surface area contributed by atoms with Crippen molar-refractivity contribution in [2.45, 2.75) is 23.2 Å². The third-order valence-corrected chi connectivity index (χ3v) is 8.95. The highest BCUT2D eigenvalue weighted by atomic mass is 32.2. The number of nitrogens with zero attached hydrogens (tertiary/aromatic N) is 6. The molecule has 1 aliphatic heterocycles. The molecule has 1 aromatic carbocycles. The Hall–Kier alpha value is -4.01. The molecular formula is C25H25N7O5S2. The third-order valence-electron chi connectivity index (χ3n) is 5.89. The van der Waals surface area contributed by atoms with Gasteiger partial charge in [-0.1, -0.05) is 28.6 Å². The summed E-state index contributed by atoms with van der Waals surface area (Å²) in [5.74, 6) is 0.563. The molecular weight excluding hydrogens is 542 g/mol. The molecule has 5 rings (SSSR count). The fraction of sp³-hybridized carbons (Fsp3) is 0.280. The molecule has 0 spiro atoms. The van der Waals surface area contributed by atoms with E-state index in [0.29, 0.717) is 39.9 Å². The molecule has 0 aliphatic carbocycles. The smallest absolute Gasteiger partial charge is 0.280 e. The van der Waals surface area contributed by atoms with Crippen molar-refractivity contribution in [1.29, 1.82) is 0 Å². The lowest BCUT2D eigenvalue weighted by atomic mass is 10.1. The molecule has 1 atom stereocenters. The molecule has 0 saturated carbocycles. The van der Waals surface area contributed by atoms with Gasteiger partial charge in [-0.25, -0.2) is 28.4 Å². The fourth-order valence-corrected chi connectivity index (χ4v) is 6.21. The zero-order chi connectivity index (χ0) is 27.4. The zero-order valence-corrected chi connectivity index (χ0v) is 22.8. The second-order valence-corrected chi connectivity index (χ2v) is 12.0. The number of hydrogen-bond donors (Lipinski definition) is 1. The van der Waals surface area contributed by atoms with Crippen LogP contribution in [0, 0.1) is 0 Å². The molecule has 1 aliphatic rings. The summed E-state index contributed by atoms with van der Waals surface area (Å²) in [6, 6.07) is 11.3. The average Bonchev–Trinajstić information content (AvgIpc) is 3.62. The lowest BCUT2D eigenvalue weighted by molar-refractivity contribution is -0.110. The number of amides is 1. The second kappa shape index (κ2) is 11.4. The van der Waals surface area contributed by atoms with E-state index in [-0.39, 0.29) is 23.8 Å². The summed E-state index contributed by atoms with van der Waals surface area (Å²) in [5, 5.41) is 6.55. The van der Waals surface area contributed by atoms with Crippen LogP contribution in [0.2, 0.25) is 0 Å². The van der Waals surface area contributed by atoms with Gasteiger partial charge in [-0.05, 0) is 36.8 Å². The van der Waals surface area contributed by atoms with Gasteiger partial charge in [0.05, 0.1) is 16.8 Å². The minimum absolute atomic E-state index is 0.0653. The van der Waals surface area contributed by atoms with Crippen molar-refractivity contribution in [3.63, 3.8) is 0 Å². The molecule has 1 amide bonds. The summed E-state index contributed by atoms with van der Waals surface area (Å²) < 4.78 is 31.1. The molecule has 3 aromatic heterocycles. The van der Waals surface area contributed by atoms with E-state index in [1.807, 2.05) is 31.1 Å². The van der Waals surface area contributed by atoms with Crippen LogP contribution < -0.4 is 10.2 Å². The first-order valence-corrected chi connectivity index (χ1v) is 14.3. The van der Waals surface area contributed by atoms with Gasteiger partial charge in [0.2, 0.25) is 0 Å². The number of sulfone groups is 1. The van der Waals surface area contributed by atoms with Crippen LogP contribution in [0.15, 0.2) is 64.9 Å². The largest absolute Gasteiger partial charge is 0.387 e. The number of oxime groups is 1. The first kappa shape index (κ1) is 26.6. The number of rotatable bonds is 9. The molecule has 0 bridgehead atoms. The summed E-state index contributed by atoms with van der Waals surface area (Å²) in [4.78, 5) is 38.6. The summed E-state index contributed by atoms with van der Waals surface area (Å²) in [6.07, 6.45) is 3.59. The Labute approximate surface area is 228 Å². The van der Waals surface area contributed by atoms with Crippen LogP contribution in [-0.4, -0.2) is 72.5 Å². The van der Waals surface area contributed by atoms with E-state index in [0.717, 1.165) is 5.82 Å². The van der Waals surface area contributed by atoms with Gasteiger partial charge in [-0.15, -0.1) is 0 Å². The number of thiazole rings is 1. The highest BCUT2D eigenvalue weighted by Gasteiger charge is 2.31. The van der Waals surface area contributed by atoms with Gasteiger partial charge in [0.25, 0.3) is 5.91 Å². The Balaban J connectivity index is 1.40. The van der Waals surface area contributed by atoms with Gasteiger partial charge < -0.3 is 14.5 Å². The monoisotopic (exact) mass is 567 g/mol. The van der Waals surface area contributed by atoms with Gasteiger partial charge in [0.1, 0.15) is 16.2 Å². The molecule has 39 heavy (non-hydrogen) atoms. The normalized spacial score (nSPS) is 15.8. The van der Waals surface area contributed by atoms with Crippen molar-refractivity contribution in [3.05, 3.63) is 66.2 Å². The van der Waals surface area contributed by atoms with Crippen LogP contribution in [0.1, 0.15) is 17.8 Å². The Morgan fingerprint density at radius 2 is 1.92 bits per heavy atom. The Kier molecular flexibility index (Phi) is 7.77. The standard InChI is InChI=1S/C25H25N7O5S2/c1-32(2)21-9-8-19-24(29-21)38-25(28-19)30-23(33)22(31-37-15-20-26-11-3-12-27-20)16-4-6-17(7-5-16)39(34,35)18-10-13-36-14-18/h3-9,11-12,18H,10,13-15H2,1-2H3,(H,28,30,33)/b31-22+/t18-/m0/s1. The number of ether oxygens (including phenoxy) is 1. The number of pyridine rings is 1. The number of fused-ring (bicyclic) bond motifs is 1.